The molecule has 2 amide bonds. The summed E-state index contributed by atoms with van der Waals surface area (Å²) < 4.78 is 5.08. The van der Waals surface area contributed by atoms with E-state index in [2.05, 4.69) is 5.32 Å². The smallest absolute Gasteiger partial charge is 0.290 e. The molecule has 98 valence electrons. The van der Waals surface area contributed by atoms with E-state index in [1.54, 1.807) is 28.8 Å². The van der Waals surface area contributed by atoms with Crippen LogP contribution in [0.25, 0.3) is 0 Å². The molecule has 18 heavy (non-hydrogen) atoms. The molecule has 0 aliphatic carbocycles. The minimum Gasteiger partial charge on any atom is -0.459 e. The summed E-state index contributed by atoms with van der Waals surface area (Å²) in [6, 6.07) is 2.95. The average molecular weight is 268 g/mol. The van der Waals surface area contributed by atoms with Crippen molar-refractivity contribution >= 4 is 23.6 Å². The van der Waals surface area contributed by atoms with Gasteiger partial charge < -0.3 is 14.6 Å². The zero-order valence-corrected chi connectivity index (χ0v) is 11.2. The van der Waals surface area contributed by atoms with Gasteiger partial charge in [-0.05, 0) is 26.0 Å². The number of thioether (sulfide) groups is 1. The highest BCUT2D eigenvalue weighted by Gasteiger charge is 2.36. The molecule has 0 aromatic carbocycles. The zero-order valence-electron chi connectivity index (χ0n) is 10.4. The van der Waals surface area contributed by atoms with Gasteiger partial charge in [-0.25, -0.2) is 0 Å². The van der Waals surface area contributed by atoms with Crippen LogP contribution in [0.3, 0.4) is 0 Å². The molecule has 6 heteroatoms. The number of furan rings is 1. The average Bonchev–Trinajstić information content (AvgIpc) is 2.98. The third-order valence-electron chi connectivity index (χ3n) is 2.61. The summed E-state index contributed by atoms with van der Waals surface area (Å²) in [6.07, 6.45) is 1.46. The Morgan fingerprint density at radius 2 is 2.33 bits per heavy atom. The Bertz CT molecular complexity index is 431. The van der Waals surface area contributed by atoms with Crippen molar-refractivity contribution in [2.45, 2.75) is 25.9 Å². The van der Waals surface area contributed by atoms with Crippen LogP contribution in [0.2, 0.25) is 0 Å². The van der Waals surface area contributed by atoms with Gasteiger partial charge in [0, 0.05) is 11.8 Å². The maximum Gasteiger partial charge on any atom is 0.290 e. The van der Waals surface area contributed by atoms with Crippen molar-refractivity contribution in [2.75, 3.05) is 11.6 Å². The number of carbonyl (C=O) groups excluding carboxylic acids is 2. The number of amides is 2. The van der Waals surface area contributed by atoms with Crippen LogP contribution < -0.4 is 5.32 Å². The molecular weight excluding hydrogens is 252 g/mol. The number of rotatable bonds is 3. The lowest BCUT2D eigenvalue weighted by molar-refractivity contribution is -0.124. The Morgan fingerprint density at radius 3 is 2.94 bits per heavy atom. The van der Waals surface area contributed by atoms with Gasteiger partial charge in [0.15, 0.2) is 5.76 Å². The summed E-state index contributed by atoms with van der Waals surface area (Å²) in [5, 5.41) is 2.84. The molecule has 2 heterocycles. The summed E-state index contributed by atoms with van der Waals surface area (Å²) in [7, 11) is 0. The second-order valence-corrected chi connectivity index (χ2v) is 5.43. The molecule has 0 radical (unpaired) electrons. The van der Waals surface area contributed by atoms with Crippen molar-refractivity contribution in [3.63, 3.8) is 0 Å². The van der Waals surface area contributed by atoms with Crippen molar-refractivity contribution in [3.05, 3.63) is 24.2 Å². The number of nitrogens with one attached hydrogen (secondary N) is 1. The first-order chi connectivity index (χ1) is 8.59. The molecule has 5 nitrogen and oxygen atoms in total. The van der Waals surface area contributed by atoms with Crippen molar-refractivity contribution < 1.29 is 14.0 Å². The Morgan fingerprint density at radius 1 is 1.56 bits per heavy atom. The van der Waals surface area contributed by atoms with Crippen molar-refractivity contribution in [1.82, 2.24) is 10.2 Å². The molecule has 1 aliphatic heterocycles. The van der Waals surface area contributed by atoms with Crippen LogP contribution in [0, 0.1) is 0 Å². The zero-order chi connectivity index (χ0) is 13.1. The van der Waals surface area contributed by atoms with Crippen LogP contribution in [0.1, 0.15) is 24.4 Å². The van der Waals surface area contributed by atoms with Crippen LogP contribution in [0.5, 0.6) is 0 Å². The standard InChI is InChI=1S/C12H16N2O3S/c1-8(2)13-11(15)9-6-18-7-14(9)12(16)10-4-3-5-17-10/h3-5,8-9H,6-7H2,1-2H3,(H,13,15). The Hall–Kier alpha value is -1.43. The van der Waals surface area contributed by atoms with Gasteiger partial charge in [0.25, 0.3) is 5.91 Å². The van der Waals surface area contributed by atoms with Crippen molar-refractivity contribution in [1.29, 1.82) is 0 Å². The van der Waals surface area contributed by atoms with Crippen LogP contribution in [-0.4, -0.2) is 40.4 Å². The molecular formula is C12H16N2O3S. The maximum absolute atomic E-state index is 12.1. The predicted molar refractivity (Wildman–Crippen MR) is 69.3 cm³/mol. The molecule has 1 N–H and O–H groups in total. The van der Waals surface area contributed by atoms with E-state index < -0.39 is 6.04 Å². The highest BCUT2D eigenvalue weighted by molar-refractivity contribution is 7.99. The summed E-state index contributed by atoms with van der Waals surface area (Å²) >= 11 is 1.57. The van der Waals surface area contributed by atoms with E-state index in [0.29, 0.717) is 11.6 Å². The molecule has 1 aliphatic rings. The normalized spacial score (nSPS) is 19.3. The molecule has 1 aromatic rings. The monoisotopic (exact) mass is 268 g/mol. The molecule has 1 unspecified atom stereocenters. The van der Waals surface area contributed by atoms with E-state index in [9.17, 15) is 9.59 Å². The molecule has 1 fully saturated rings. The third kappa shape index (κ3) is 2.69. The van der Waals surface area contributed by atoms with E-state index in [1.807, 2.05) is 13.8 Å². The molecule has 2 rings (SSSR count). The molecule has 1 saturated heterocycles. The van der Waals surface area contributed by atoms with Crippen LogP contribution >= 0.6 is 11.8 Å². The second-order valence-electron chi connectivity index (χ2n) is 4.43. The van der Waals surface area contributed by atoms with E-state index in [4.69, 9.17) is 4.42 Å². The van der Waals surface area contributed by atoms with Gasteiger partial charge in [-0.1, -0.05) is 0 Å². The lowest BCUT2D eigenvalue weighted by Crippen LogP contribution is -2.48. The fourth-order valence-electron chi connectivity index (χ4n) is 1.78. The highest BCUT2D eigenvalue weighted by atomic mass is 32.2. The summed E-state index contributed by atoms with van der Waals surface area (Å²) in [5.74, 6) is 1.10. The summed E-state index contributed by atoms with van der Waals surface area (Å²) in [5.41, 5.74) is 0. The molecule has 0 saturated carbocycles. The predicted octanol–water partition coefficient (Wildman–Crippen LogP) is 1.32. The van der Waals surface area contributed by atoms with E-state index in [0.717, 1.165) is 0 Å². The summed E-state index contributed by atoms with van der Waals surface area (Å²) in [4.78, 5) is 25.7. The number of nitrogens with zero attached hydrogens (tertiary/aromatic N) is 1. The largest absolute Gasteiger partial charge is 0.459 e. The first-order valence-corrected chi connectivity index (χ1v) is 6.97. The molecule has 0 spiro atoms. The number of carbonyl (C=O) groups is 2. The van der Waals surface area contributed by atoms with Gasteiger partial charge in [0.1, 0.15) is 6.04 Å². The van der Waals surface area contributed by atoms with E-state index in [1.165, 1.54) is 6.26 Å². The van der Waals surface area contributed by atoms with Gasteiger partial charge in [-0.2, -0.15) is 0 Å². The van der Waals surface area contributed by atoms with E-state index in [-0.39, 0.29) is 23.6 Å². The topological polar surface area (TPSA) is 62.6 Å². The fraction of sp³-hybridized carbons (Fsp3) is 0.500. The number of hydrogen-bond acceptors (Lipinski definition) is 4. The second kappa shape index (κ2) is 5.48. The first-order valence-electron chi connectivity index (χ1n) is 5.82. The lowest BCUT2D eigenvalue weighted by Gasteiger charge is -2.23. The van der Waals surface area contributed by atoms with Crippen LogP contribution in [0.15, 0.2) is 22.8 Å². The maximum atomic E-state index is 12.1. The molecule has 1 aromatic heterocycles. The van der Waals surface area contributed by atoms with Crippen molar-refractivity contribution in [2.24, 2.45) is 0 Å². The van der Waals surface area contributed by atoms with Crippen LogP contribution in [-0.2, 0) is 4.79 Å². The SMILES string of the molecule is CC(C)NC(=O)C1CSCN1C(=O)c1ccco1. The Labute approximate surface area is 110 Å². The Kier molecular flexibility index (Phi) is 3.96. The van der Waals surface area contributed by atoms with Gasteiger partial charge in [-0.15, -0.1) is 11.8 Å². The van der Waals surface area contributed by atoms with Gasteiger partial charge in [0.2, 0.25) is 5.91 Å². The minimum atomic E-state index is -0.407. The minimum absolute atomic E-state index is 0.0728. The van der Waals surface area contributed by atoms with Gasteiger partial charge >= 0.3 is 0 Å². The van der Waals surface area contributed by atoms with Gasteiger partial charge in [0.05, 0.1) is 12.1 Å². The molecule has 1 atom stereocenters. The van der Waals surface area contributed by atoms with Crippen LogP contribution in [0.4, 0.5) is 0 Å². The quantitative estimate of drug-likeness (QED) is 0.898. The number of hydrogen-bond donors (Lipinski definition) is 1. The first kappa shape index (κ1) is 13.0. The van der Waals surface area contributed by atoms with E-state index >= 15 is 0 Å². The van der Waals surface area contributed by atoms with Crippen molar-refractivity contribution in [3.8, 4) is 0 Å². The Balaban J connectivity index is 2.08. The summed E-state index contributed by atoms with van der Waals surface area (Å²) in [6.45, 7) is 3.80. The highest BCUT2D eigenvalue weighted by Crippen LogP contribution is 2.23. The third-order valence-corrected chi connectivity index (χ3v) is 3.62. The fourth-order valence-corrected chi connectivity index (χ4v) is 2.94. The molecule has 0 bridgehead atoms. The van der Waals surface area contributed by atoms with Gasteiger partial charge in [-0.3, -0.25) is 9.59 Å². The lowest BCUT2D eigenvalue weighted by atomic mass is 10.2.